The second-order valence-corrected chi connectivity index (χ2v) is 21.6. The van der Waals surface area contributed by atoms with E-state index in [1.807, 2.05) is 20.3 Å². The molecule has 410 valence electrons. The van der Waals surface area contributed by atoms with Gasteiger partial charge in [0.05, 0.1) is 17.5 Å². The molecule has 0 heterocycles. The predicted octanol–water partition coefficient (Wildman–Crippen LogP) is 16.8. The van der Waals surface area contributed by atoms with E-state index in [2.05, 4.69) is 55.4 Å². The van der Waals surface area contributed by atoms with Gasteiger partial charge in [0.15, 0.2) is 0 Å². The molecule has 0 atom stereocenters. The van der Waals surface area contributed by atoms with Gasteiger partial charge in [0, 0.05) is 52.4 Å². The molecule has 0 fully saturated rings. The van der Waals surface area contributed by atoms with Gasteiger partial charge in [-0.25, -0.2) is 0 Å². The van der Waals surface area contributed by atoms with Crippen molar-refractivity contribution in [1.82, 2.24) is 20.3 Å². The Balaban J connectivity index is -0.000000263. The third-order valence-electron chi connectivity index (χ3n) is 10.9. The number of hydrogen-bond donors (Lipinski definition) is 0. The molecule has 69 heavy (non-hydrogen) atoms. The normalized spacial score (nSPS) is 10.6. The van der Waals surface area contributed by atoms with Crippen molar-refractivity contribution in [3.05, 3.63) is 0 Å². The summed E-state index contributed by atoms with van der Waals surface area (Å²) < 4.78 is 0.874. The molecule has 0 aliphatic carbocycles. The summed E-state index contributed by atoms with van der Waals surface area (Å²) in [6.07, 6.45) is 39.8. The van der Waals surface area contributed by atoms with Gasteiger partial charge in [0.25, 0.3) is 0 Å². The quantitative estimate of drug-likeness (QED) is 0.0191. The first-order valence-electron chi connectivity index (χ1n) is 27.4. The van der Waals surface area contributed by atoms with Gasteiger partial charge in [-0.1, -0.05) is 209 Å². The Kier molecular flexibility index (Phi) is 76.5. The molecule has 0 spiro atoms. The number of nitrogens with zero attached hydrogens (tertiary/aromatic N) is 4. The smallest absolute Gasteiger partial charge is 0.426 e. The fraction of sp³-hybridized carbons (Fsp3) is 0.923. The van der Waals surface area contributed by atoms with Gasteiger partial charge in [0.2, 0.25) is 0 Å². The van der Waals surface area contributed by atoms with E-state index >= 15 is 0 Å². The molecule has 17 heteroatoms. The van der Waals surface area contributed by atoms with E-state index in [-0.39, 0.29) is 38.6 Å². The molecule has 0 aliphatic rings. The zero-order valence-electron chi connectivity index (χ0n) is 45.4. The van der Waals surface area contributed by atoms with Crippen LogP contribution in [0.3, 0.4) is 0 Å². The van der Waals surface area contributed by atoms with Crippen LogP contribution in [0.2, 0.25) is 0 Å². The van der Waals surface area contributed by atoms with Crippen LogP contribution in [0.1, 0.15) is 261 Å². The summed E-state index contributed by atoms with van der Waals surface area (Å²) in [5.74, 6) is 0. The Morgan fingerprint density at radius 1 is 0.246 bits per heavy atom. The van der Waals surface area contributed by atoms with Crippen molar-refractivity contribution in [3.63, 3.8) is 0 Å². The Morgan fingerprint density at radius 2 is 0.362 bits per heavy atom. The molecule has 0 aromatic heterocycles. The Morgan fingerprint density at radius 3 is 0.449 bits per heavy atom. The van der Waals surface area contributed by atoms with E-state index in [4.69, 9.17) is 119 Å². The molecule has 0 unspecified atom stereocenters. The fourth-order valence-corrected chi connectivity index (χ4v) is 7.80. The van der Waals surface area contributed by atoms with Crippen LogP contribution in [0.5, 0.6) is 0 Å². The van der Waals surface area contributed by atoms with E-state index in [0.29, 0.717) is 0 Å². The molecule has 0 bridgehead atoms. The standard InChI is InChI=1S/4C13H27NOS2.Mo/c4*1-3-5-7-9-11-14(15-13(16)17)12-10-8-6-4-2;/h4*3-12H2,1-2H3,(H,16,17);/q;;;;+4/p-4. The van der Waals surface area contributed by atoms with Gasteiger partial charge < -0.3 is 119 Å². The SMILES string of the molecule is CCCCCCN(CCCCCC)OC(=S)[S-].CCCCCCN(CCCCCC)OC(=S)[S-].CCCCCCN(CCCCCC)OC(=S)[S-].CCCCCCN(CCCCCC)OC(=S)[S-].[Mo+4]. The van der Waals surface area contributed by atoms with Gasteiger partial charge in [-0.3, -0.25) is 0 Å². The van der Waals surface area contributed by atoms with Crippen LogP contribution >= 0.6 is 48.9 Å². The van der Waals surface area contributed by atoms with E-state index in [9.17, 15) is 0 Å². The number of thiocarbonyl (C=S) groups is 4. The Hall–Kier alpha value is 0.968. The van der Waals surface area contributed by atoms with Crippen LogP contribution < -0.4 is 0 Å². The zero-order valence-corrected chi connectivity index (χ0v) is 53.9. The third kappa shape index (κ3) is 73.3. The molecule has 0 aromatic rings. The summed E-state index contributed by atoms with van der Waals surface area (Å²) in [6.45, 7) is 25.3. The van der Waals surface area contributed by atoms with Crippen molar-refractivity contribution < 1.29 is 40.4 Å². The van der Waals surface area contributed by atoms with Crippen molar-refractivity contribution in [2.24, 2.45) is 0 Å². The Labute approximate surface area is 486 Å². The monoisotopic (exact) mass is 1200 g/mol. The average Bonchev–Trinajstić information content (AvgIpc) is 3.29. The molecule has 0 rings (SSSR count). The minimum Gasteiger partial charge on any atom is -0.426 e. The summed E-state index contributed by atoms with van der Waals surface area (Å²) in [7, 11) is 0. The van der Waals surface area contributed by atoms with Crippen molar-refractivity contribution in [1.29, 1.82) is 0 Å². The number of rotatable bonds is 44. The predicted molar refractivity (Wildman–Crippen MR) is 324 cm³/mol. The second-order valence-electron chi connectivity index (χ2n) is 17.6. The average molecular weight is 1200 g/mol. The van der Waals surface area contributed by atoms with Gasteiger partial charge in [-0.15, -0.1) is 20.3 Å². The first kappa shape index (κ1) is 78.8. The van der Waals surface area contributed by atoms with Crippen LogP contribution in [-0.4, -0.2) is 90.1 Å². The molecule has 0 aliphatic heterocycles. The van der Waals surface area contributed by atoms with Crippen molar-refractivity contribution in [2.75, 3.05) is 52.4 Å². The Bertz CT molecular complexity index is 873. The molecular formula is C52H104MoN4O4S8. The van der Waals surface area contributed by atoms with Crippen molar-refractivity contribution in [2.45, 2.75) is 261 Å². The van der Waals surface area contributed by atoms with Crippen LogP contribution in [0, 0.1) is 0 Å². The van der Waals surface area contributed by atoms with Crippen LogP contribution in [0.15, 0.2) is 0 Å². The first-order valence-corrected chi connectivity index (χ1v) is 30.6. The van der Waals surface area contributed by atoms with E-state index < -0.39 is 0 Å². The summed E-state index contributed by atoms with van der Waals surface area (Å²) in [6, 6.07) is 0. The maximum Gasteiger partial charge on any atom is 4.00 e. The summed E-state index contributed by atoms with van der Waals surface area (Å²) in [5, 5.41) is 7.78. The van der Waals surface area contributed by atoms with Crippen molar-refractivity contribution in [3.8, 4) is 0 Å². The minimum atomic E-state index is 0. The maximum absolute atomic E-state index is 5.39. The van der Waals surface area contributed by atoms with Gasteiger partial charge in [-0.2, -0.15) is 0 Å². The largest absolute Gasteiger partial charge is 4.00 e. The number of hydroxylamine groups is 8. The fourth-order valence-electron chi connectivity index (χ4n) is 6.95. The summed E-state index contributed by atoms with van der Waals surface area (Å²) in [5.41, 5.74) is 0. The van der Waals surface area contributed by atoms with Gasteiger partial charge >= 0.3 is 21.1 Å². The zero-order chi connectivity index (χ0) is 51.7. The molecule has 0 amide bonds. The molecule has 8 nitrogen and oxygen atoms in total. The van der Waals surface area contributed by atoms with Gasteiger partial charge in [-0.05, 0) is 51.4 Å². The molecule has 0 aromatic carbocycles. The topological polar surface area (TPSA) is 49.9 Å². The summed E-state index contributed by atoms with van der Waals surface area (Å²) >= 11 is 38.6. The van der Waals surface area contributed by atoms with E-state index in [0.717, 1.165) is 52.4 Å². The molecule has 0 saturated carbocycles. The van der Waals surface area contributed by atoms with Crippen LogP contribution in [0.25, 0.3) is 0 Å². The van der Waals surface area contributed by atoms with E-state index in [1.54, 1.807) is 0 Å². The van der Waals surface area contributed by atoms with E-state index in [1.165, 1.54) is 205 Å². The third-order valence-corrected chi connectivity index (χ3v) is 11.5. The molecule has 0 N–H and O–H groups in total. The number of hydrogen-bond acceptors (Lipinski definition) is 16. The van der Waals surface area contributed by atoms with Crippen LogP contribution in [0.4, 0.5) is 0 Å². The molecular weight excluding hydrogens is 1100 g/mol. The number of unbranched alkanes of at least 4 members (excludes halogenated alkanes) is 24. The van der Waals surface area contributed by atoms with Gasteiger partial charge in [0.1, 0.15) is 0 Å². The van der Waals surface area contributed by atoms with Crippen LogP contribution in [-0.2, 0) is 90.9 Å². The maximum atomic E-state index is 5.39. The molecule has 0 saturated heterocycles. The van der Waals surface area contributed by atoms with Crippen molar-refractivity contribution >= 4 is 117 Å². The molecule has 0 radical (unpaired) electrons. The second kappa shape index (κ2) is 67.0. The first-order chi connectivity index (χ1) is 32.8. The summed E-state index contributed by atoms with van der Waals surface area (Å²) in [4.78, 5) is 21.6. The minimum absolute atomic E-state index is 0.